The van der Waals surface area contributed by atoms with Gasteiger partial charge in [0.05, 0.1) is 0 Å². The molecule has 4 nitrogen and oxygen atoms in total. The molecule has 2 aliphatic rings. The minimum Gasteiger partial charge on any atom is -0.351 e. The second-order valence-electron chi connectivity index (χ2n) is 7.98. The summed E-state index contributed by atoms with van der Waals surface area (Å²) < 4.78 is 0. The summed E-state index contributed by atoms with van der Waals surface area (Å²) in [4.78, 5) is 17.1. The molecule has 1 amide bonds. The van der Waals surface area contributed by atoms with Gasteiger partial charge in [-0.2, -0.15) is 0 Å². The van der Waals surface area contributed by atoms with Gasteiger partial charge < -0.3 is 5.32 Å². The highest BCUT2D eigenvalue weighted by Gasteiger charge is 2.52. The van der Waals surface area contributed by atoms with E-state index < -0.39 is 5.54 Å². The summed E-state index contributed by atoms with van der Waals surface area (Å²) in [6, 6.07) is 0. The molecule has 1 saturated carbocycles. The molecular formula is C15H27N3O. The summed E-state index contributed by atoms with van der Waals surface area (Å²) in [6.07, 6.45) is 2.95. The smallest absolute Gasteiger partial charge is 0.254 e. The Hall–Kier alpha value is -1.06. The molecule has 1 heterocycles. The fraction of sp³-hybridized carbons (Fsp3) is 0.867. The van der Waals surface area contributed by atoms with Crippen molar-refractivity contribution < 1.29 is 4.79 Å². The summed E-state index contributed by atoms with van der Waals surface area (Å²) in [5.74, 6) is 1.00. The van der Waals surface area contributed by atoms with Crippen LogP contribution in [0.25, 0.3) is 0 Å². The zero-order valence-electron chi connectivity index (χ0n) is 13.1. The molecule has 1 spiro atoms. The summed E-state index contributed by atoms with van der Waals surface area (Å²) >= 11 is 0. The van der Waals surface area contributed by atoms with Crippen molar-refractivity contribution >= 4 is 11.9 Å². The Morgan fingerprint density at radius 1 is 1.32 bits per heavy atom. The number of aliphatic imine (C=N–C) groups is 1. The van der Waals surface area contributed by atoms with Gasteiger partial charge in [-0.25, -0.2) is 4.99 Å². The van der Waals surface area contributed by atoms with Crippen molar-refractivity contribution in [2.45, 2.75) is 71.9 Å². The van der Waals surface area contributed by atoms with Crippen LogP contribution in [0.1, 0.15) is 60.8 Å². The van der Waals surface area contributed by atoms with E-state index in [2.05, 4.69) is 52.2 Å². The Kier molecular flexibility index (Phi) is 3.19. The van der Waals surface area contributed by atoms with Gasteiger partial charge >= 0.3 is 0 Å². The average Bonchev–Trinajstić information content (AvgIpc) is 2.48. The second-order valence-corrected chi connectivity index (χ2v) is 7.98. The van der Waals surface area contributed by atoms with Crippen molar-refractivity contribution in [1.29, 1.82) is 0 Å². The van der Waals surface area contributed by atoms with Crippen LogP contribution in [-0.2, 0) is 4.79 Å². The van der Waals surface area contributed by atoms with Crippen LogP contribution in [0.4, 0.5) is 0 Å². The lowest BCUT2D eigenvalue weighted by Crippen LogP contribution is -2.51. The average molecular weight is 265 g/mol. The highest BCUT2D eigenvalue weighted by Crippen LogP contribution is 2.47. The maximum atomic E-state index is 12.4. The van der Waals surface area contributed by atoms with Gasteiger partial charge in [-0.1, -0.05) is 20.8 Å². The van der Waals surface area contributed by atoms with E-state index in [4.69, 9.17) is 4.99 Å². The van der Waals surface area contributed by atoms with Gasteiger partial charge in [0.2, 0.25) is 0 Å². The molecular weight excluding hydrogens is 238 g/mol. The third kappa shape index (κ3) is 2.77. The first kappa shape index (κ1) is 14.4. The first-order valence-corrected chi connectivity index (χ1v) is 7.24. The largest absolute Gasteiger partial charge is 0.351 e. The molecule has 2 unspecified atom stereocenters. The lowest BCUT2D eigenvalue weighted by atomic mass is 9.64. The number of guanidine groups is 1. The zero-order valence-corrected chi connectivity index (χ0v) is 13.1. The molecule has 0 saturated heterocycles. The third-order valence-corrected chi connectivity index (χ3v) is 4.29. The van der Waals surface area contributed by atoms with Crippen LogP contribution in [0, 0.1) is 11.3 Å². The molecule has 2 rings (SSSR count). The first-order valence-electron chi connectivity index (χ1n) is 7.24. The van der Waals surface area contributed by atoms with Gasteiger partial charge in [0.25, 0.3) is 5.91 Å². The number of nitrogens with one attached hydrogen (secondary N) is 2. The van der Waals surface area contributed by atoms with E-state index in [0.717, 1.165) is 19.3 Å². The quantitative estimate of drug-likeness (QED) is 0.707. The topological polar surface area (TPSA) is 53.5 Å². The van der Waals surface area contributed by atoms with Crippen molar-refractivity contribution in [3.05, 3.63) is 0 Å². The van der Waals surface area contributed by atoms with Crippen LogP contribution in [0.2, 0.25) is 0 Å². The molecule has 0 radical (unpaired) electrons. The molecule has 1 aliphatic heterocycles. The highest BCUT2D eigenvalue weighted by atomic mass is 16.2. The van der Waals surface area contributed by atoms with Crippen LogP contribution >= 0.6 is 0 Å². The van der Waals surface area contributed by atoms with Gasteiger partial charge in [-0.3, -0.25) is 10.1 Å². The number of hydrogen-bond donors (Lipinski definition) is 2. The van der Waals surface area contributed by atoms with Crippen LogP contribution in [0.15, 0.2) is 4.99 Å². The van der Waals surface area contributed by atoms with Crippen LogP contribution < -0.4 is 10.6 Å². The number of hydrogen-bond acceptors (Lipinski definition) is 3. The lowest BCUT2D eigenvalue weighted by Gasteiger charge is -2.42. The van der Waals surface area contributed by atoms with Gasteiger partial charge in [-0.15, -0.1) is 0 Å². The summed E-state index contributed by atoms with van der Waals surface area (Å²) in [5.41, 5.74) is -0.307. The fourth-order valence-corrected chi connectivity index (χ4v) is 3.29. The van der Waals surface area contributed by atoms with Gasteiger partial charge in [-0.05, 0) is 51.4 Å². The maximum absolute atomic E-state index is 12.4. The molecule has 108 valence electrons. The van der Waals surface area contributed by atoms with Crippen molar-refractivity contribution in [1.82, 2.24) is 10.6 Å². The Bertz CT molecular complexity index is 420. The minimum absolute atomic E-state index is 0.0715. The Labute approximate surface area is 116 Å². The van der Waals surface area contributed by atoms with Crippen molar-refractivity contribution in [2.24, 2.45) is 16.3 Å². The standard InChI is InChI=1S/C15H27N3O/c1-10-9-14(5,6)7-8-15(10)11(19)16-12(18-15)17-13(2,3)4/h10H,7-9H2,1-6H3,(H2,16,17,18,19). The molecule has 0 aromatic rings. The monoisotopic (exact) mass is 265 g/mol. The first-order chi connectivity index (χ1) is 8.54. The summed E-state index contributed by atoms with van der Waals surface area (Å²) in [6.45, 7) is 12.9. The Morgan fingerprint density at radius 2 is 1.95 bits per heavy atom. The number of carbonyl (C=O) groups excluding carboxylic acids is 1. The molecule has 0 aromatic carbocycles. The predicted molar refractivity (Wildman–Crippen MR) is 78.0 cm³/mol. The molecule has 0 bridgehead atoms. The Balaban J connectivity index is 2.22. The van der Waals surface area contributed by atoms with E-state index >= 15 is 0 Å². The molecule has 19 heavy (non-hydrogen) atoms. The van der Waals surface area contributed by atoms with E-state index in [-0.39, 0.29) is 17.4 Å². The molecule has 2 N–H and O–H groups in total. The third-order valence-electron chi connectivity index (χ3n) is 4.29. The second kappa shape index (κ2) is 4.22. The van der Waals surface area contributed by atoms with E-state index in [1.54, 1.807) is 0 Å². The lowest BCUT2D eigenvalue weighted by molar-refractivity contribution is -0.127. The summed E-state index contributed by atoms with van der Waals surface area (Å²) in [7, 11) is 0. The molecule has 2 atom stereocenters. The SMILES string of the molecule is CC1CC(C)(C)CCC12N=C(NC(C)(C)C)NC2=O. The predicted octanol–water partition coefficient (Wildman–Crippen LogP) is 2.45. The van der Waals surface area contributed by atoms with E-state index in [9.17, 15) is 4.79 Å². The number of nitrogens with zero attached hydrogens (tertiary/aromatic N) is 1. The molecule has 1 fully saturated rings. The van der Waals surface area contributed by atoms with E-state index in [1.165, 1.54) is 0 Å². The Morgan fingerprint density at radius 3 is 2.47 bits per heavy atom. The van der Waals surface area contributed by atoms with Crippen LogP contribution in [0.3, 0.4) is 0 Å². The maximum Gasteiger partial charge on any atom is 0.254 e. The molecule has 4 heteroatoms. The van der Waals surface area contributed by atoms with E-state index in [1.807, 2.05) is 0 Å². The van der Waals surface area contributed by atoms with Crippen LogP contribution in [-0.4, -0.2) is 22.9 Å². The number of rotatable bonds is 0. The van der Waals surface area contributed by atoms with Crippen molar-refractivity contribution in [3.8, 4) is 0 Å². The fourth-order valence-electron chi connectivity index (χ4n) is 3.29. The van der Waals surface area contributed by atoms with E-state index in [0.29, 0.717) is 11.4 Å². The van der Waals surface area contributed by atoms with Gasteiger partial charge in [0.1, 0.15) is 5.54 Å². The number of amides is 1. The van der Waals surface area contributed by atoms with Crippen molar-refractivity contribution in [3.63, 3.8) is 0 Å². The summed E-state index contributed by atoms with van der Waals surface area (Å²) in [5, 5.41) is 6.21. The normalized spacial score (nSPS) is 34.1. The minimum atomic E-state index is -0.539. The van der Waals surface area contributed by atoms with Gasteiger partial charge in [0, 0.05) is 5.54 Å². The molecule has 0 aromatic heterocycles. The van der Waals surface area contributed by atoms with Crippen molar-refractivity contribution in [2.75, 3.05) is 0 Å². The highest BCUT2D eigenvalue weighted by molar-refractivity contribution is 6.07. The van der Waals surface area contributed by atoms with Gasteiger partial charge in [0.15, 0.2) is 5.96 Å². The van der Waals surface area contributed by atoms with Crippen LogP contribution in [0.5, 0.6) is 0 Å². The molecule has 1 aliphatic carbocycles. The zero-order chi connectivity index (χ0) is 14.5. The number of carbonyl (C=O) groups is 1.